The highest BCUT2D eigenvalue weighted by Gasteiger charge is 2.19. The van der Waals surface area contributed by atoms with E-state index in [4.69, 9.17) is 4.74 Å². The van der Waals surface area contributed by atoms with E-state index in [1.807, 2.05) is 6.21 Å². The zero-order chi connectivity index (χ0) is 17.8. The van der Waals surface area contributed by atoms with Gasteiger partial charge in [0.2, 0.25) is 0 Å². The molecule has 1 unspecified atom stereocenters. The lowest BCUT2D eigenvalue weighted by Crippen LogP contribution is -2.46. The number of hydrogen-bond donors (Lipinski definition) is 0. The Bertz CT molecular complexity index is 714. The number of allylic oxidation sites excluding steroid dienone is 1. The molecular formula is C22H29N3O. The number of benzene rings is 1. The van der Waals surface area contributed by atoms with Crippen LogP contribution in [0, 0.1) is 6.92 Å². The average Bonchev–Trinajstić information content (AvgIpc) is 2.64. The fraction of sp³-hybridized carbons (Fsp3) is 0.500. The quantitative estimate of drug-likeness (QED) is 0.703. The van der Waals surface area contributed by atoms with Crippen LogP contribution in [0.4, 0.5) is 5.69 Å². The van der Waals surface area contributed by atoms with Crippen LogP contribution in [0.25, 0.3) is 0 Å². The van der Waals surface area contributed by atoms with Crippen LogP contribution in [0.15, 0.2) is 52.7 Å². The Balaban J connectivity index is 1.11. The van der Waals surface area contributed by atoms with Gasteiger partial charge in [0.15, 0.2) is 0 Å². The van der Waals surface area contributed by atoms with E-state index in [0.29, 0.717) is 0 Å². The molecule has 0 N–H and O–H groups in total. The van der Waals surface area contributed by atoms with Gasteiger partial charge < -0.3 is 9.64 Å². The molecule has 0 saturated carbocycles. The number of rotatable bonds is 7. The molecule has 1 saturated heterocycles. The van der Waals surface area contributed by atoms with Gasteiger partial charge in [-0.05, 0) is 50.4 Å². The van der Waals surface area contributed by atoms with Crippen molar-refractivity contribution in [2.24, 2.45) is 4.99 Å². The lowest BCUT2D eigenvalue weighted by Gasteiger charge is -2.36. The Hall–Kier alpha value is -1.91. The average molecular weight is 351 g/mol. The van der Waals surface area contributed by atoms with Crippen LogP contribution in [0.5, 0.6) is 0 Å². The minimum absolute atomic E-state index is 0.226. The monoisotopic (exact) mass is 351 g/mol. The number of fused-ring (bicyclic) bond motifs is 1. The largest absolute Gasteiger partial charge is 0.374 e. The van der Waals surface area contributed by atoms with Crippen molar-refractivity contribution in [3.63, 3.8) is 0 Å². The Kier molecular flexibility index (Phi) is 5.51. The molecular weight excluding hydrogens is 322 g/mol. The molecule has 2 heterocycles. The second kappa shape index (κ2) is 8.19. The molecule has 4 rings (SSSR count). The maximum atomic E-state index is 5.99. The molecule has 0 spiro atoms. The Labute approximate surface area is 156 Å². The highest BCUT2D eigenvalue weighted by atomic mass is 16.5. The molecule has 0 aromatic heterocycles. The van der Waals surface area contributed by atoms with E-state index in [-0.39, 0.29) is 6.10 Å². The van der Waals surface area contributed by atoms with Crippen molar-refractivity contribution in [1.82, 2.24) is 4.90 Å². The van der Waals surface area contributed by atoms with Gasteiger partial charge in [-0.1, -0.05) is 24.3 Å². The van der Waals surface area contributed by atoms with Gasteiger partial charge in [0.05, 0.1) is 11.8 Å². The lowest BCUT2D eigenvalue weighted by atomic mass is 9.99. The van der Waals surface area contributed by atoms with E-state index >= 15 is 0 Å². The van der Waals surface area contributed by atoms with Gasteiger partial charge in [0, 0.05) is 50.3 Å². The Morgan fingerprint density at radius 1 is 1.12 bits per heavy atom. The molecule has 1 atom stereocenters. The first-order valence-electron chi connectivity index (χ1n) is 9.90. The summed E-state index contributed by atoms with van der Waals surface area (Å²) in [4.78, 5) is 9.37. The predicted molar refractivity (Wildman–Crippen MR) is 108 cm³/mol. The first kappa shape index (κ1) is 17.5. The van der Waals surface area contributed by atoms with Gasteiger partial charge in [-0.25, -0.2) is 0 Å². The number of para-hydroxylation sites is 1. The molecule has 0 bridgehead atoms. The Morgan fingerprint density at radius 2 is 1.96 bits per heavy atom. The third-order valence-electron chi connectivity index (χ3n) is 5.58. The molecule has 1 aliphatic carbocycles. The standard InChI is InChI=1S/C22H29N3O/c1-18-6-2-3-7-22(18)25-13-11-24(12-14-25)10-4-5-15-26-20-9-8-19-17-23-21(19)16-20/h2-3,6-8,16-17,20H,4-5,9-15H2,1H3. The highest BCUT2D eigenvalue weighted by molar-refractivity contribution is 5.93. The summed E-state index contributed by atoms with van der Waals surface area (Å²) in [5.74, 6) is 0. The molecule has 2 aliphatic heterocycles. The van der Waals surface area contributed by atoms with Crippen LogP contribution in [-0.4, -0.2) is 56.5 Å². The fourth-order valence-corrected chi connectivity index (χ4v) is 3.92. The van der Waals surface area contributed by atoms with Crippen molar-refractivity contribution < 1.29 is 4.74 Å². The first-order chi connectivity index (χ1) is 12.8. The number of aryl methyl sites for hydroxylation is 1. The molecule has 1 aromatic rings. The molecule has 4 nitrogen and oxygen atoms in total. The third kappa shape index (κ3) is 4.08. The van der Waals surface area contributed by atoms with E-state index in [9.17, 15) is 0 Å². The summed E-state index contributed by atoms with van der Waals surface area (Å²) in [7, 11) is 0. The van der Waals surface area contributed by atoms with Crippen LogP contribution in [0.3, 0.4) is 0 Å². The molecule has 0 amide bonds. The molecule has 138 valence electrons. The van der Waals surface area contributed by atoms with Gasteiger partial charge in [0.25, 0.3) is 0 Å². The summed E-state index contributed by atoms with van der Waals surface area (Å²) in [6, 6.07) is 8.72. The number of hydrogen-bond acceptors (Lipinski definition) is 4. The molecule has 1 fully saturated rings. The number of piperazine rings is 1. The van der Waals surface area contributed by atoms with Crippen molar-refractivity contribution in [1.29, 1.82) is 0 Å². The van der Waals surface area contributed by atoms with Crippen LogP contribution >= 0.6 is 0 Å². The summed E-state index contributed by atoms with van der Waals surface area (Å²) >= 11 is 0. The minimum atomic E-state index is 0.226. The zero-order valence-corrected chi connectivity index (χ0v) is 15.7. The summed E-state index contributed by atoms with van der Waals surface area (Å²) in [6.45, 7) is 8.83. The van der Waals surface area contributed by atoms with Gasteiger partial charge >= 0.3 is 0 Å². The normalized spacial score (nSPS) is 22.5. The van der Waals surface area contributed by atoms with E-state index in [1.165, 1.54) is 29.8 Å². The van der Waals surface area contributed by atoms with E-state index in [1.54, 1.807) is 0 Å². The zero-order valence-electron chi connectivity index (χ0n) is 15.7. The van der Waals surface area contributed by atoms with Crippen molar-refractivity contribution in [2.45, 2.75) is 32.3 Å². The van der Waals surface area contributed by atoms with Gasteiger partial charge in [-0.3, -0.25) is 9.89 Å². The summed E-state index contributed by atoms with van der Waals surface area (Å²) in [6.07, 6.45) is 9.90. The molecule has 26 heavy (non-hydrogen) atoms. The predicted octanol–water partition coefficient (Wildman–Crippen LogP) is 3.58. The van der Waals surface area contributed by atoms with E-state index < -0.39 is 0 Å². The number of nitrogens with zero attached hydrogens (tertiary/aromatic N) is 3. The third-order valence-corrected chi connectivity index (χ3v) is 5.58. The number of ether oxygens (including phenoxy) is 1. The van der Waals surface area contributed by atoms with Gasteiger partial charge in [-0.2, -0.15) is 0 Å². The maximum absolute atomic E-state index is 5.99. The van der Waals surface area contributed by atoms with Crippen LogP contribution < -0.4 is 4.90 Å². The smallest absolute Gasteiger partial charge is 0.0814 e. The number of unbranched alkanes of at least 4 members (excludes halogenated alkanes) is 1. The molecule has 3 aliphatic rings. The fourth-order valence-electron chi connectivity index (χ4n) is 3.92. The molecule has 4 heteroatoms. The highest BCUT2D eigenvalue weighted by Crippen LogP contribution is 2.26. The second-order valence-electron chi connectivity index (χ2n) is 7.44. The van der Waals surface area contributed by atoms with Gasteiger partial charge in [-0.15, -0.1) is 0 Å². The number of anilines is 1. The second-order valence-corrected chi connectivity index (χ2v) is 7.44. The number of aliphatic imine (C=N–C) groups is 1. The summed E-state index contributed by atoms with van der Waals surface area (Å²) in [5, 5.41) is 0. The van der Waals surface area contributed by atoms with E-state index in [0.717, 1.165) is 51.3 Å². The lowest BCUT2D eigenvalue weighted by molar-refractivity contribution is 0.0805. The van der Waals surface area contributed by atoms with Crippen LogP contribution in [0.2, 0.25) is 0 Å². The van der Waals surface area contributed by atoms with Crippen molar-refractivity contribution in [2.75, 3.05) is 44.2 Å². The van der Waals surface area contributed by atoms with Gasteiger partial charge in [0.1, 0.15) is 0 Å². The van der Waals surface area contributed by atoms with Crippen molar-refractivity contribution >= 4 is 11.9 Å². The van der Waals surface area contributed by atoms with Crippen molar-refractivity contribution in [3.05, 3.63) is 53.3 Å². The summed E-state index contributed by atoms with van der Waals surface area (Å²) < 4.78 is 5.99. The minimum Gasteiger partial charge on any atom is -0.374 e. The van der Waals surface area contributed by atoms with Crippen LogP contribution in [-0.2, 0) is 4.74 Å². The first-order valence-corrected chi connectivity index (χ1v) is 9.90. The Morgan fingerprint density at radius 3 is 2.69 bits per heavy atom. The van der Waals surface area contributed by atoms with Crippen LogP contribution in [0.1, 0.15) is 24.8 Å². The van der Waals surface area contributed by atoms with Crippen molar-refractivity contribution in [3.8, 4) is 0 Å². The van der Waals surface area contributed by atoms with E-state index in [2.05, 4.69) is 58.1 Å². The summed E-state index contributed by atoms with van der Waals surface area (Å²) in [5.41, 5.74) is 5.18. The SMILES string of the molecule is Cc1ccccc1N1CCN(CCCCOC2C=C3N=CC3=CC2)CC1. The topological polar surface area (TPSA) is 28.1 Å². The molecule has 1 aromatic carbocycles. The maximum Gasteiger partial charge on any atom is 0.0814 e. The molecule has 0 radical (unpaired) electrons.